The van der Waals surface area contributed by atoms with Gasteiger partial charge in [-0.3, -0.25) is 0 Å². The van der Waals surface area contributed by atoms with Crippen molar-refractivity contribution in [2.75, 3.05) is 12.4 Å². The van der Waals surface area contributed by atoms with Crippen LogP contribution >= 0.6 is 0 Å². The van der Waals surface area contributed by atoms with Crippen LogP contribution in [0.5, 0.6) is 5.75 Å². The second kappa shape index (κ2) is 6.00. The third kappa shape index (κ3) is 2.79. The molecule has 1 N–H and O–H groups in total. The highest BCUT2D eigenvalue weighted by molar-refractivity contribution is 5.60. The Labute approximate surface area is 121 Å². The number of hydrogen-bond donors (Lipinski definition) is 1. The molecule has 0 unspecified atom stereocenters. The van der Waals surface area contributed by atoms with E-state index < -0.39 is 0 Å². The van der Waals surface area contributed by atoms with Crippen LogP contribution in [-0.2, 0) is 6.54 Å². The summed E-state index contributed by atoms with van der Waals surface area (Å²) in [6.07, 6.45) is 0. The summed E-state index contributed by atoms with van der Waals surface area (Å²) >= 11 is 0. The van der Waals surface area contributed by atoms with E-state index in [-0.39, 0.29) is 0 Å². The van der Waals surface area contributed by atoms with Crippen LogP contribution < -0.4 is 10.1 Å². The lowest BCUT2D eigenvalue weighted by molar-refractivity contribution is 0.409. The average Bonchev–Trinajstić information content (AvgIpc) is 2.41. The number of methoxy groups -OCH3 is 1. The monoisotopic (exact) mass is 269 g/mol. The molecule has 2 aromatic carbocycles. The van der Waals surface area contributed by atoms with Crippen molar-refractivity contribution in [3.63, 3.8) is 0 Å². The second-order valence-electron chi connectivity index (χ2n) is 5.31. The fourth-order valence-corrected chi connectivity index (χ4v) is 2.64. The number of ether oxygens (including phenoxy) is 1. The van der Waals surface area contributed by atoms with Crippen LogP contribution in [0.15, 0.2) is 30.3 Å². The van der Waals surface area contributed by atoms with Gasteiger partial charge in [0, 0.05) is 17.8 Å². The van der Waals surface area contributed by atoms with Crippen molar-refractivity contribution in [2.45, 2.75) is 34.2 Å². The van der Waals surface area contributed by atoms with E-state index in [9.17, 15) is 0 Å². The van der Waals surface area contributed by atoms with Crippen LogP contribution in [0.4, 0.5) is 5.69 Å². The van der Waals surface area contributed by atoms with Gasteiger partial charge < -0.3 is 10.1 Å². The van der Waals surface area contributed by atoms with Crippen molar-refractivity contribution in [3.05, 3.63) is 58.1 Å². The molecule has 0 amide bonds. The van der Waals surface area contributed by atoms with Crippen molar-refractivity contribution >= 4 is 5.69 Å². The first-order valence-corrected chi connectivity index (χ1v) is 6.97. The van der Waals surface area contributed by atoms with Crippen molar-refractivity contribution in [2.24, 2.45) is 0 Å². The van der Waals surface area contributed by atoms with Gasteiger partial charge in [0.25, 0.3) is 0 Å². The van der Waals surface area contributed by atoms with Crippen LogP contribution in [0, 0.1) is 27.7 Å². The largest absolute Gasteiger partial charge is 0.496 e. The van der Waals surface area contributed by atoms with Crippen LogP contribution in [0.25, 0.3) is 0 Å². The van der Waals surface area contributed by atoms with Crippen molar-refractivity contribution in [1.82, 2.24) is 0 Å². The molecular weight excluding hydrogens is 246 g/mol. The van der Waals surface area contributed by atoms with Crippen LogP contribution in [0.1, 0.15) is 27.8 Å². The van der Waals surface area contributed by atoms with Crippen LogP contribution in [-0.4, -0.2) is 7.11 Å². The number of hydrogen-bond acceptors (Lipinski definition) is 2. The summed E-state index contributed by atoms with van der Waals surface area (Å²) < 4.78 is 5.48. The summed E-state index contributed by atoms with van der Waals surface area (Å²) in [6, 6.07) is 10.6. The minimum atomic E-state index is 0.839. The lowest BCUT2D eigenvalue weighted by atomic mass is 10.0. The van der Waals surface area contributed by atoms with Gasteiger partial charge in [0.15, 0.2) is 0 Å². The Bertz CT molecular complexity index is 597. The minimum absolute atomic E-state index is 0.839. The summed E-state index contributed by atoms with van der Waals surface area (Å²) in [5.74, 6) is 0.969. The van der Waals surface area contributed by atoms with E-state index in [2.05, 4.69) is 63.3 Å². The van der Waals surface area contributed by atoms with E-state index in [1.807, 2.05) is 0 Å². The van der Waals surface area contributed by atoms with E-state index in [1.165, 1.54) is 27.8 Å². The molecule has 2 heteroatoms. The van der Waals surface area contributed by atoms with E-state index >= 15 is 0 Å². The predicted molar refractivity (Wildman–Crippen MR) is 85.7 cm³/mol. The van der Waals surface area contributed by atoms with Gasteiger partial charge >= 0.3 is 0 Å². The Morgan fingerprint density at radius 1 is 0.900 bits per heavy atom. The molecule has 2 aromatic rings. The molecule has 2 rings (SSSR count). The molecule has 0 atom stereocenters. The van der Waals surface area contributed by atoms with Gasteiger partial charge in [-0.1, -0.05) is 24.3 Å². The highest BCUT2D eigenvalue weighted by atomic mass is 16.5. The first kappa shape index (κ1) is 14.4. The molecule has 0 aromatic heterocycles. The van der Waals surface area contributed by atoms with E-state index in [0.717, 1.165) is 18.0 Å². The lowest BCUT2D eigenvalue weighted by Gasteiger charge is -2.16. The Kier molecular flexibility index (Phi) is 4.33. The van der Waals surface area contributed by atoms with Crippen LogP contribution in [0.3, 0.4) is 0 Å². The van der Waals surface area contributed by atoms with Gasteiger partial charge in [-0.05, 0) is 56.0 Å². The zero-order valence-electron chi connectivity index (χ0n) is 13.0. The zero-order valence-corrected chi connectivity index (χ0v) is 13.0. The maximum Gasteiger partial charge on any atom is 0.126 e. The van der Waals surface area contributed by atoms with Gasteiger partial charge in [0.2, 0.25) is 0 Å². The number of anilines is 1. The maximum absolute atomic E-state index is 5.48. The molecule has 0 heterocycles. The fourth-order valence-electron chi connectivity index (χ4n) is 2.64. The summed E-state index contributed by atoms with van der Waals surface area (Å²) in [6.45, 7) is 9.32. The third-order valence-electron chi connectivity index (χ3n) is 3.91. The SMILES string of the molecule is COc1c(C)ccc(NCc2c(C)cccc2C)c1C. The fraction of sp³-hybridized carbons (Fsp3) is 0.333. The molecule has 106 valence electrons. The van der Waals surface area contributed by atoms with Crippen molar-refractivity contribution < 1.29 is 4.74 Å². The number of aryl methyl sites for hydroxylation is 3. The number of nitrogens with one attached hydrogen (secondary N) is 1. The van der Waals surface area contributed by atoms with Gasteiger partial charge in [0.05, 0.1) is 7.11 Å². The molecule has 0 aliphatic heterocycles. The predicted octanol–water partition coefficient (Wildman–Crippen LogP) is 4.54. The van der Waals surface area contributed by atoms with Gasteiger partial charge in [-0.2, -0.15) is 0 Å². The Balaban J connectivity index is 2.24. The second-order valence-corrected chi connectivity index (χ2v) is 5.31. The molecule has 0 aliphatic carbocycles. The molecule has 0 fully saturated rings. The first-order valence-electron chi connectivity index (χ1n) is 6.97. The topological polar surface area (TPSA) is 21.3 Å². The van der Waals surface area contributed by atoms with E-state index in [4.69, 9.17) is 4.74 Å². The summed E-state index contributed by atoms with van der Waals surface area (Å²) in [5, 5.41) is 3.53. The smallest absolute Gasteiger partial charge is 0.126 e. The Hall–Kier alpha value is -1.96. The summed E-state index contributed by atoms with van der Waals surface area (Å²) in [4.78, 5) is 0. The molecule has 20 heavy (non-hydrogen) atoms. The normalized spacial score (nSPS) is 10.4. The number of benzene rings is 2. The van der Waals surface area contributed by atoms with E-state index in [0.29, 0.717) is 0 Å². The Morgan fingerprint density at radius 2 is 1.55 bits per heavy atom. The first-order chi connectivity index (χ1) is 9.54. The van der Waals surface area contributed by atoms with Gasteiger partial charge in [-0.15, -0.1) is 0 Å². The van der Waals surface area contributed by atoms with Crippen molar-refractivity contribution in [1.29, 1.82) is 0 Å². The molecule has 0 radical (unpaired) electrons. The lowest BCUT2D eigenvalue weighted by Crippen LogP contribution is -2.05. The number of rotatable bonds is 4. The molecule has 0 bridgehead atoms. The van der Waals surface area contributed by atoms with Crippen molar-refractivity contribution in [3.8, 4) is 5.75 Å². The zero-order chi connectivity index (χ0) is 14.7. The van der Waals surface area contributed by atoms with Gasteiger partial charge in [-0.25, -0.2) is 0 Å². The van der Waals surface area contributed by atoms with Gasteiger partial charge in [0.1, 0.15) is 5.75 Å². The minimum Gasteiger partial charge on any atom is -0.496 e. The maximum atomic E-state index is 5.48. The third-order valence-corrected chi connectivity index (χ3v) is 3.91. The van der Waals surface area contributed by atoms with Crippen LogP contribution in [0.2, 0.25) is 0 Å². The molecule has 0 saturated carbocycles. The molecule has 0 saturated heterocycles. The molecule has 0 aliphatic rings. The summed E-state index contributed by atoms with van der Waals surface area (Å²) in [5.41, 5.74) is 7.49. The quantitative estimate of drug-likeness (QED) is 0.879. The average molecular weight is 269 g/mol. The highest BCUT2D eigenvalue weighted by Crippen LogP contribution is 2.29. The molecule has 0 spiro atoms. The standard InChI is InChI=1S/C18H23NO/c1-12-7-6-8-13(2)16(12)11-19-17-10-9-14(3)18(20-5)15(17)4/h6-10,19H,11H2,1-5H3. The summed E-state index contributed by atoms with van der Waals surface area (Å²) in [7, 11) is 1.73. The molecule has 2 nitrogen and oxygen atoms in total. The van der Waals surface area contributed by atoms with E-state index in [1.54, 1.807) is 7.11 Å². The Morgan fingerprint density at radius 3 is 2.15 bits per heavy atom. The highest BCUT2D eigenvalue weighted by Gasteiger charge is 2.08. The molecular formula is C18H23NO.